The Hall–Kier alpha value is -3.72. The van der Waals surface area contributed by atoms with Gasteiger partial charge in [0, 0.05) is 27.6 Å². The molecule has 0 aliphatic carbocycles. The summed E-state index contributed by atoms with van der Waals surface area (Å²) in [6, 6.07) is 13.1. The third-order valence-electron chi connectivity index (χ3n) is 6.17. The molecule has 37 heavy (non-hydrogen) atoms. The van der Waals surface area contributed by atoms with E-state index in [1.54, 1.807) is 19.2 Å². The van der Waals surface area contributed by atoms with Crippen LogP contribution in [0, 0.1) is 13.8 Å². The van der Waals surface area contributed by atoms with Crippen LogP contribution in [0.1, 0.15) is 60.0 Å². The molecule has 0 fully saturated rings. The Morgan fingerprint density at radius 1 is 1.16 bits per heavy atom. The molecule has 4 aromatic rings. The van der Waals surface area contributed by atoms with E-state index >= 15 is 0 Å². The number of aromatic nitrogens is 3. The van der Waals surface area contributed by atoms with Gasteiger partial charge >= 0.3 is 0 Å². The summed E-state index contributed by atoms with van der Waals surface area (Å²) >= 11 is 0. The van der Waals surface area contributed by atoms with Gasteiger partial charge in [-0.2, -0.15) is 0 Å². The summed E-state index contributed by atoms with van der Waals surface area (Å²) in [6.07, 6.45) is 1.64. The van der Waals surface area contributed by atoms with Gasteiger partial charge in [-0.25, -0.2) is 4.98 Å². The molecule has 1 atom stereocenters. The van der Waals surface area contributed by atoms with Crippen LogP contribution >= 0.6 is 0 Å². The van der Waals surface area contributed by atoms with E-state index in [-0.39, 0.29) is 23.9 Å². The molecule has 8 nitrogen and oxygen atoms in total. The van der Waals surface area contributed by atoms with Crippen molar-refractivity contribution in [2.75, 3.05) is 12.9 Å². The number of nitrogens with zero attached hydrogens (tertiary/aromatic N) is 2. The Morgan fingerprint density at radius 2 is 1.92 bits per heavy atom. The standard InChI is InChI=1S/C28H32N4O4S/c1-7-36-25-11-17(4)30-27(33)22(25)15-29-28(34)24-14-20(19-9-8-10-21(12-19)37(6)35)13-23-26(16(2)3)31-18(5)32(23)24/h8-14,16H,7,15H2,1-6H3,(H,29,34)(H,30,33). The number of pyridine rings is 2. The third kappa shape index (κ3) is 5.36. The van der Waals surface area contributed by atoms with Gasteiger partial charge in [0.05, 0.1) is 29.9 Å². The molecule has 0 aliphatic rings. The number of aromatic amines is 1. The second-order valence-corrected chi connectivity index (χ2v) is 10.7. The minimum absolute atomic E-state index is 0.00455. The highest BCUT2D eigenvalue weighted by Crippen LogP contribution is 2.30. The van der Waals surface area contributed by atoms with Gasteiger partial charge in [0.25, 0.3) is 11.5 Å². The van der Waals surface area contributed by atoms with Crippen molar-refractivity contribution in [1.29, 1.82) is 0 Å². The molecule has 3 heterocycles. The predicted molar refractivity (Wildman–Crippen MR) is 146 cm³/mol. The molecule has 1 unspecified atom stereocenters. The maximum Gasteiger partial charge on any atom is 0.268 e. The van der Waals surface area contributed by atoms with Gasteiger partial charge in [0.15, 0.2) is 0 Å². The average Bonchev–Trinajstić information content (AvgIpc) is 3.19. The maximum absolute atomic E-state index is 13.6. The van der Waals surface area contributed by atoms with E-state index in [1.807, 2.05) is 54.6 Å². The summed E-state index contributed by atoms with van der Waals surface area (Å²) < 4.78 is 19.6. The number of H-pyrrole nitrogens is 1. The number of aryl methyl sites for hydroxylation is 2. The van der Waals surface area contributed by atoms with Crippen molar-refractivity contribution in [3.05, 3.63) is 81.3 Å². The quantitative estimate of drug-likeness (QED) is 0.356. The van der Waals surface area contributed by atoms with Crippen molar-refractivity contribution in [1.82, 2.24) is 19.7 Å². The van der Waals surface area contributed by atoms with E-state index in [0.717, 1.165) is 22.3 Å². The summed E-state index contributed by atoms with van der Waals surface area (Å²) in [5, 5.41) is 2.90. The number of hydrogen-bond acceptors (Lipinski definition) is 5. The number of hydrogen-bond donors (Lipinski definition) is 2. The first-order valence-electron chi connectivity index (χ1n) is 12.2. The van der Waals surface area contributed by atoms with E-state index in [2.05, 4.69) is 24.1 Å². The van der Waals surface area contributed by atoms with Crippen molar-refractivity contribution in [3.63, 3.8) is 0 Å². The largest absolute Gasteiger partial charge is 0.493 e. The fourth-order valence-corrected chi connectivity index (χ4v) is 4.99. The summed E-state index contributed by atoms with van der Waals surface area (Å²) in [4.78, 5) is 34.5. The summed E-state index contributed by atoms with van der Waals surface area (Å²) in [5.41, 5.74) is 4.53. The molecule has 1 aromatic carbocycles. The first-order chi connectivity index (χ1) is 17.6. The number of benzene rings is 1. The number of nitrogens with one attached hydrogen (secondary N) is 2. The second kappa shape index (κ2) is 10.7. The zero-order chi connectivity index (χ0) is 26.9. The molecule has 0 saturated carbocycles. The molecule has 2 N–H and O–H groups in total. The molecular weight excluding hydrogens is 488 g/mol. The zero-order valence-corrected chi connectivity index (χ0v) is 22.8. The third-order valence-corrected chi connectivity index (χ3v) is 7.09. The van der Waals surface area contributed by atoms with Crippen LogP contribution < -0.4 is 15.6 Å². The van der Waals surface area contributed by atoms with Crippen molar-refractivity contribution in [2.24, 2.45) is 0 Å². The Balaban J connectivity index is 1.81. The average molecular weight is 521 g/mol. The molecule has 0 saturated heterocycles. The monoisotopic (exact) mass is 520 g/mol. The van der Waals surface area contributed by atoms with Gasteiger partial charge in [-0.1, -0.05) is 26.0 Å². The lowest BCUT2D eigenvalue weighted by atomic mass is 10.0. The summed E-state index contributed by atoms with van der Waals surface area (Å²) in [7, 11) is -1.14. The normalized spacial score (nSPS) is 12.2. The molecule has 9 heteroatoms. The predicted octanol–water partition coefficient (Wildman–Crippen LogP) is 4.50. The van der Waals surface area contributed by atoms with E-state index in [0.29, 0.717) is 40.0 Å². The van der Waals surface area contributed by atoms with E-state index in [9.17, 15) is 13.8 Å². The van der Waals surface area contributed by atoms with Crippen LogP contribution in [0.3, 0.4) is 0 Å². The Bertz CT molecular complexity index is 1570. The van der Waals surface area contributed by atoms with Crippen LogP contribution in [-0.2, 0) is 17.3 Å². The first kappa shape index (κ1) is 26.3. The SMILES string of the molecule is CCOc1cc(C)[nH]c(=O)c1CNC(=O)c1cc(-c2cccc(S(C)=O)c2)cc2c(C(C)C)nc(C)n12. The Morgan fingerprint density at radius 3 is 2.59 bits per heavy atom. The maximum atomic E-state index is 13.6. The minimum atomic E-state index is -1.14. The number of ether oxygens (including phenoxy) is 1. The van der Waals surface area contributed by atoms with Crippen molar-refractivity contribution >= 4 is 22.2 Å². The summed E-state index contributed by atoms with van der Waals surface area (Å²) in [5.74, 6) is 0.944. The number of amides is 1. The Labute approximate surface area is 218 Å². The molecule has 0 radical (unpaired) electrons. The first-order valence-corrected chi connectivity index (χ1v) is 13.8. The molecule has 3 aromatic heterocycles. The fraction of sp³-hybridized carbons (Fsp3) is 0.321. The van der Waals surface area contributed by atoms with Gasteiger partial charge in [0.2, 0.25) is 0 Å². The van der Waals surface area contributed by atoms with Gasteiger partial charge in [-0.05, 0) is 68.1 Å². The van der Waals surface area contributed by atoms with Gasteiger partial charge in [-0.15, -0.1) is 0 Å². The second-order valence-electron chi connectivity index (χ2n) is 9.27. The molecule has 0 spiro atoms. The topological polar surface area (TPSA) is 106 Å². The van der Waals surface area contributed by atoms with Crippen LogP contribution in [0.15, 0.2) is 52.2 Å². The highest BCUT2D eigenvalue weighted by atomic mass is 32.2. The summed E-state index contributed by atoms with van der Waals surface area (Å²) in [6.45, 7) is 10.0. The Kier molecular flexibility index (Phi) is 7.63. The molecular formula is C28H32N4O4S. The van der Waals surface area contributed by atoms with Gasteiger partial charge in [-0.3, -0.25) is 18.2 Å². The van der Waals surface area contributed by atoms with E-state index in [4.69, 9.17) is 9.72 Å². The lowest BCUT2D eigenvalue weighted by Crippen LogP contribution is -2.29. The molecule has 0 bridgehead atoms. The highest BCUT2D eigenvalue weighted by molar-refractivity contribution is 7.84. The van der Waals surface area contributed by atoms with Gasteiger partial charge < -0.3 is 15.0 Å². The van der Waals surface area contributed by atoms with E-state index in [1.165, 1.54) is 0 Å². The van der Waals surface area contributed by atoms with Crippen molar-refractivity contribution in [2.45, 2.75) is 52.0 Å². The number of imidazole rings is 1. The lowest BCUT2D eigenvalue weighted by Gasteiger charge is -2.14. The number of carbonyl (C=O) groups excluding carboxylic acids is 1. The van der Waals surface area contributed by atoms with Gasteiger partial charge in [0.1, 0.15) is 17.3 Å². The van der Waals surface area contributed by atoms with Crippen molar-refractivity contribution < 1.29 is 13.7 Å². The van der Waals surface area contributed by atoms with Crippen LogP contribution in [0.25, 0.3) is 16.6 Å². The van der Waals surface area contributed by atoms with Crippen LogP contribution in [-0.4, -0.2) is 37.3 Å². The molecule has 4 rings (SSSR count). The number of rotatable bonds is 8. The minimum Gasteiger partial charge on any atom is -0.493 e. The molecule has 194 valence electrons. The lowest BCUT2D eigenvalue weighted by molar-refractivity contribution is 0.0944. The molecule has 1 amide bonds. The number of fused-ring (bicyclic) bond motifs is 1. The van der Waals surface area contributed by atoms with E-state index < -0.39 is 10.8 Å². The fourth-order valence-electron chi connectivity index (χ4n) is 4.42. The zero-order valence-electron chi connectivity index (χ0n) is 22.0. The highest BCUT2D eigenvalue weighted by Gasteiger charge is 2.21. The number of carbonyl (C=O) groups is 1. The van der Waals surface area contributed by atoms with Crippen LogP contribution in [0.5, 0.6) is 5.75 Å². The van der Waals surface area contributed by atoms with Crippen LogP contribution in [0.2, 0.25) is 0 Å². The smallest absolute Gasteiger partial charge is 0.268 e. The molecule has 0 aliphatic heterocycles. The van der Waals surface area contributed by atoms with Crippen molar-refractivity contribution in [3.8, 4) is 16.9 Å². The van der Waals surface area contributed by atoms with Crippen LogP contribution in [0.4, 0.5) is 0 Å².